The zero-order valence-corrected chi connectivity index (χ0v) is 18.4. The second kappa shape index (κ2) is 9.13. The summed E-state index contributed by atoms with van der Waals surface area (Å²) in [4.78, 5) is 22.3. The number of rotatable bonds is 8. The van der Waals surface area contributed by atoms with Gasteiger partial charge >= 0.3 is 5.97 Å². The molecule has 0 radical (unpaired) electrons. The van der Waals surface area contributed by atoms with E-state index in [0.717, 1.165) is 17.5 Å². The van der Waals surface area contributed by atoms with E-state index >= 15 is 0 Å². The van der Waals surface area contributed by atoms with Crippen LogP contribution < -0.4 is 15.2 Å². The standard InChI is InChI=1S/C24H26N4O4/c1-4-13-32-24(29)20-21-23(27-17-8-6-5-7-16(17)26-21)28(22(20)25)12-11-15-9-10-18(30-2)19(14-15)31-3/h5-10,14H,4,11-13,25H2,1-3H3. The highest BCUT2D eigenvalue weighted by Gasteiger charge is 2.25. The second-order valence-electron chi connectivity index (χ2n) is 7.37. The lowest BCUT2D eigenvalue weighted by Gasteiger charge is -2.11. The first-order valence-electron chi connectivity index (χ1n) is 10.5. The summed E-state index contributed by atoms with van der Waals surface area (Å²) in [5.41, 5.74) is 10.2. The summed E-state index contributed by atoms with van der Waals surface area (Å²) in [5.74, 6) is 1.14. The third-order valence-electron chi connectivity index (χ3n) is 5.30. The molecule has 0 aliphatic carbocycles. The number of aryl methyl sites for hydroxylation is 2. The quantitative estimate of drug-likeness (QED) is 0.418. The van der Waals surface area contributed by atoms with Gasteiger partial charge in [-0.3, -0.25) is 0 Å². The number of ether oxygens (including phenoxy) is 3. The van der Waals surface area contributed by atoms with Crippen molar-refractivity contribution in [3.05, 3.63) is 53.6 Å². The van der Waals surface area contributed by atoms with Gasteiger partial charge in [0.2, 0.25) is 0 Å². The van der Waals surface area contributed by atoms with E-state index in [1.807, 2.05) is 54.0 Å². The van der Waals surface area contributed by atoms with E-state index in [1.165, 1.54) is 0 Å². The first kappa shape index (κ1) is 21.4. The number of carbonyl (C=O) groups is 1. The summed E-state index contributed by atoms with van der Waals surface area (Å²) in [6.45, 7) is 2.76. The molecule has 2 aromatic heterocycles. The smallest absolute Gasteiger partial charge is 0.344 e. The molecule has 0 bridgehead atoms. The summed E-state index contributed by atoms with van der Waals surface area (Å²) in [5, 5.41) is 0. The van der Waals surface area contributed by atoms with Crippen LogP contribution in [0.5, 0.6) is 11.5 Å². The molecule has 0 aliphatic rings. The Morgan fingerprint density at radius 2 is 1.75 bits per heavy atom. The maximum absolute atomic E-state index is 12.8. The number of hydrogen-bond donors (Lipinski definition) is 1. The van der Waals surface area contributed by atoms with E-state index < -0.39 is 5.97 Å². The summed E-state index contributed by atoms with van der Waals surface area (Å²) in [6.07, 6.45) is 1.37. The number of hydrogen-bond acceptors (Lipinski definition) is 7. The van der Waals surface area contributed by atoms with Crippen LogP contribution in [-0.2, 0) is 17.7 Å². The van der Waals surface area contributed by atoms with Crippen LogP contribution in [0.15, 0.2) is 42.5 Å². The lowest BCUT2D eigenvalue weighted by molar-refractivity contribution is 0.0508. The molecular weight excluding hydrogens is 408 g/mol. The minimum absolute atomic E-state index is 0.263. The normalized spacial score (nSPS) is 11.1. The number of para-hydroxylation sites is 2. The zero-order valence-electron chi connectivity index (χ0n) is 18.4. The third-order valence-corrected chi connectivity index (χ3v) is 5.30. The molecule has 4 rings (SSSR count). The number of fused-ring (bicyclic) bond motifs is 2. The Labute approximate surface area is 185 Å². The van der Waals surface area contributed by atoms with Gasteiger partial charge in [0.15, 0.2) is 17.1 Å². The van der Waals surface area contributed by atoms with Crippen molar-refractivity contribution < 1.29 is 19.0 Å². The number of aromatic nitrogens is 3. The topological polar surface area (TPSA) is 101 Å². The summed E-state index contributed by atoms with van der Waals surface area (Å²) in [6, 6.07) is 13.3. The fraction of sp³-hybridized carbons (Fsp3) is 0.292. The second-order valence-corrected chi connectivity index (χ2v) is 7.37. The van der Waals surface area contributed by atoms with Gasteiger partial charge in [-0.1, -0.05) is 25.1 Å². The molecular formula is C24H26N4O4. The number of carbonyl (C=O) groups excluding carboxylic acids is 1. The van der Waals surface area contributed by atoms with Crippen molar-refractivity contribution in [2.45, 2.75) is 26.3 Å². The molecule has 0 unspecified atom stereocenters. The monoisotopic (exact) mass is 434 g/mol. The average Bonchev–Trinajstić information content (AvgIpc) is 3.09. The first-order chi connectivity index (χ1) is 15.6. The Hall–Kier alpha value is -3.81. The zero-order chi connectivity index (χ0) is 22.7. The maximum atomic E-state index is 12.8. The number of methoxy groups -OCH3 is 2. The molecule has 0 saturated heterocycles. The highest BCUT2D eigenvalue weighted by atomic mass is 16.5. The van der Waals surface area contributed by atoms with Crippen molar-refractivity contribution in [3.63, 3.8) is 0 Å². The summed E-state index contributed by atoms with van der Waals surface area (Å²) < 4.78 is 17.9. The van der Waals surface area contributed by atoms with Gasteiger partial charge in [-0.05, 0) is 42.7 Å². The lowest BCUT2D eigenvalue weighted by atomic mass is 10.1. The molecule has 166 valence electrons. The molecule has 2 N–H and O–H groups in total. The molecule has 2 aromatic carbocycles. The number of benzene rings is 2. The van der Waals surface area contributed by atoms with Crippen molar-refractivity contribution in [1.29, 1.82) is 0 Å². The van der Waals surface area contributed by atoms with Gasteiger partial charge in [0.05, 0.1) is 31.9 Å². The van der Waals surface area contributed by atoms with E-state index in [-0.39, 0.29) is 5.56 Å². The van der Waals surface area contributed by atoms with Gasteiger partial charge in [-0.15, -0.1) is 0 Å². The predicted octanol–water partition coefficient (Wildman–Crippen LogP) is 3.99. The fourth-order valence-corrected chi connectivity index (χ4v) is 3.69. The van der Waals surface area contributed by atoms with Gasteiger partial charge in [-0.25, -0.2) is 14.8 Å². The van der Waals surface area contributed by atoms with Crippen LogP contribution in [0.4, 0.5) is 5.82 Å². The predicted molar refractivity (Wildman–Crippen MR) is 123 cm³/mol. The number of nitrogens with zero attached hydrogens (tertiary/aromatic N) is 3. The van der Waals surface area contributed by atoms with Gasteiger partial charge in [0.25, 0.3) is 0 Å². The largest absolute Gasteiger partial charge is 0.493 e. The van der Waals surface area contributed by atoms with Crippen molar-refractivity contribution in [1.82, 2.24) is 14.5 Å². The Bertz CT molecular complexity index is 1280. The number of nitrogens with two attached hydrogens (primary N) is 1. The molecule has 0 spiro atoms. The summed E-state index contributed by atoms with van der Waals surface area (Å²) >= 11 is 0. The lowest BCUT2D eigenvalue weighted by Crippen LogP contribution is -2.11. The van der Waals surface area contributed by atoms with Gasteiger partial charge < -0.3 is 24.5 Å². The molecule has 0 amide bonds. The van der Waals surface area contributed by atoms with E-state index in [0.29, 0.717) is 53.6 Å². The SMILES string of the molecule is CCCOC(=O)c1c(N)n(CCc2ccc(OC)c(OC)c2)c2nc3ccccc3nc12. The van der Waals surface area contributed by atoms with Crippen LogP contribution in [-0.4, -0.2) is 41.3 Å². The number of anilines is 1. The van der Waals surface area contributed by atoms with Crippen LogP contribution in [0.1, 0.15) is 29.3 Å². The van der Waals surface area contributed by atoms with Crippen LogP contribution in [0.2, 0.25) is 0 Å². The van der Waals surface area contributed by atoms with Crippen molar-refractivity contribution in [2.75, 3.05) is 26.6 Å². The Kier molecular flexibility index (Phi) is 6.11. The molecule has 4 aromatic rings. The molecule has 8 nitrogen and oxygen atoms in total. The highest BCUT2D eigenvalue weighted by Crippen LogP contribution is 2.31. The summed E-state index contributed by atoms with van der Waals surface area (Å²) in [7, 11) is 3.21. The molecule has 0 aliphatic heterocycles. The third kappa shape index (κ3) is 3.91. The number of esters is 1. The molecule has 0 saturated carbocycles. The van der Waals surface area contributed by atoms with Gasteiger partial charge in [-0.2, -0.15) is 0 Å². The van der Waals surface area contributed by atoms with Gasteiger partial charge in [0.1, 0.15) is 16.9 Å². The van der Waals surface area contributed by atoms with Crippen LogP contribution >= 0.6 is 0 Å². The first-order valence-corrected chi connectivity index (χ1v) is 10.5. The fourth-order valence-electron chi connectivity index (χ4n) is 3.69. The van der Waals surface area contributed by atoms with E-state index in [4.69, 9.17) is 29.9 Å². The van der Waals surface area contributed by atoms with Crippen molar-refractivity contribution >= 4 is 34.0 Å². The molecule has 0 fully saturated rings. The Morgan fingerprint density at radius 3 is 2.44 bits per heavy atom. The maximum Gasteiger partial charge on any atom is 0.344 e. The van der Waals surface area contributed by atoms with Crippen molar-refractivity contribution in [3.8, 4) is 11.5 Å². The molecule has 2 heterocycles. The Balaban J connectivity index is 1.77. The van der Waals surface area contributed by atoms with Gasteiger partial charge in [0, 0.05) is 6.54 Å². The van der Waals surface area contributed by atoms with Crippen LogP contribution in [0, 0.1) is 0 Å². The minimum Gasteiger partial charge on any atom is -0.493 e. The van der Waals surface area contributed by atoms with Crippen LogP contribution in [0.3, 0.4) is 0 Å². The van der Waals surface area contributed by atoms with Crippen LogP contribution in [0.25, 0.3) is 22.2 Å². The van der Waals surface area contributed by atoms with Crippen molar-refractivity contribution in [2.24, 2.45) is 0 Å². The Morgan fingerprint density at radius 1 is 1.03 bits per heavy atom. The molecule has 32 heavy (non-hydrogen) atoms. The average molecular weight is 434 g/mol. The molecule has 0 atom stereocenters. The van der Waals surface area contributed by atoms with E-state index in [2.05, 4.69) is 0 Å². The molecule has 8 heteroatoms. The van der Waals surface area contributed by atoms with E-state index in [9.17, 15) is 4.79 Å². The van der Waals surface area contributed by atoms with E-state index in [1.54, 1.807) is 14.2 Å². The minimum atomic E-state index is -0.483. The number of nitrogen functional groups attached to an aromatic ring is 1. The highest BCUT2D eigenvalue weighted by molar-refractivity contribution is 6.08.